The maximum Gasteiger partial charge on any atom is 0.337 e. The molecule has 1 aromatic heterocycles. The van der Waals surface area contributed by atoms with Gasteiger partial charge in [-0.25, -0.2) is 9.78 Å². The summed E-state index contributed by atoms with van der Waals surface area (Å²) >= 11 is 3.33. The SMILES string of the molecule is COC(=O)c1cccc(NCc2cccc(Br)n2)c1. The molecule has 0 amide bonds. The first-order valence-electron chi connectivity index (χ1n) is 5.73. The van der Waals surface area contributed by atoms with Gasteiger partial charge >= 0.3 is 5.97 Å². The second-order valence-corrected chi connectivity index (χ2v) is 4.69. The number of aromatic nitrogens is 1. The number of carbonyl (C=O) groups excluding carboxylic acids is 1. The molecule has 0 aliphatic carbocycles. The van der Waals surface area contributed by atoms with Gasteiger partial charge in [-0.15, -0.1) is 0 Å². The third-order valence-corrected chi connectivity index (χ3v) is 2.97. The van der Waals surface area contributed by atoms with E-state index in [2.05, 4.69) is 31.0 Å². The largest absolute Gasteiger partial charge is 0.465 e. The first-order valence-corrected chi connectivity index (χ1v) is 6.52. The van der Waals surface area contributed by atoms with Crippen LogP contribution in [0, 0.1) is 0 Å². The number of methoxy groups -OCH3 is 1. The van der Waals surface area contributed by atoms with Crippen LogP contribution < -0.4 is 5.32 Å². The molecule has 0 spiro atoms. The van der Waals surface area contributed by atoms with Crippen molar-refractivity contribution in [3.63, 3.8) is 0 Å². The minimum absolute atomic E-state index is 0.343. The molecule has 0 atom stereocenters. The molecule has 98 valence electrons. The first kappa shape index (κ1) is 13.5. The van der Waals surface area contributed by atoms with E-state index in [1.54, 1.807) is 12.1 Å². The zero-order valence-electron chi connectivity index (χ0n) is 10.4. The fourth-order valence-corrected chi connectivity index (χ4v) is 2.00. The number of hydrogen-bond acceptors (Lipinski definition) is 4. The molecule has 1 heterocycles. The summed E-state index contributed by atoms with van der Waals surface area (Å²) in [5.41, 5.74) is 2.29. The van der Waals surface area contributed by atoms with E-state index in [4.69, 9.17) is 0 Å². The van der Waals surface area contributed by atoms with Crippen LogP contribution in [0.25, 0.3) is 0 Å². The summed E-state index contributed by atoms with van der Waals surface area (Å²) in [6.07, 6.45) is 0. The molecule has 4 nitrogen and oxygen atoms in total. The molecule has 0 aliphatic heterocycles. The summed E-state index contributed by atoms with van der Waals surface area (Å²) in [5, 5.41) is 3.22. The molecule has 0 unspecified atom stereocenters. The molecular weight excluding hydrogens is 308 g/mol. The maximum absolute atomic E-state index is 11.4. The van der Waals surface area contributed by atoms with Crippen LogP contribution in [0.15, 0.2) is 47.1 Å². The van der Waals surface area contributed by atoms with E-state index >= 15 is 0 Å². The fraction of sp³-hybridized carbons (Fsp3) is 0.143. The number of esters is 1. The van der Waals surface area contributed by atoms with Crippen molar-refractivity contribution in [2.45, 2.75) is 6.54 Å². The number of halogens is 1. The Morgan fingerprint density at radius 1 is 1.32 bits per heavy atom. The lowest BCUT2D eigenvalue weighted by Gasteiger charge is -2.07. The van der Waals surface area contributed by atoms with E-state index in [9.17, 15) is 4.79 Å². The molecule has 0 fully saturated rings. The zero-order chi connectivity index (χ0) is 13.7. The standard InChI is InChI=1S/C14H13BrN2O2/c1-19-14(18)10-4-2-5-11(8-10)16-9-12-6-3-7-13(15)17-12/h2-8,16H,9H2,1H3. The molecule has 1 N–H and O–H groups in total. The Bertz CT molecular complexity index is 587. The van der Waals surface area contributed by atoms with Crippen LogP contribution in [0.1, 0.15) is 16.1 Å². The Kier molecular flexibility index (Phi) is 4.52. The van der Waals surface area contributed by atoms with Crippen molar-refractivity contribution >= 4 is 27.6 Å². The van der Waals surface area contributed by atoms with Crippen molar-refractivity contribution in [3.05, 3.63) is 58.3 Å². The summed E-state index contributed by atoms with van der Waals surface area (Å²) < 4.78 is 5.49. The van der Waals surface area contributed by atoms with Gasteiger partial charge in [-0.1, -0.05) is 12.1 Å². The van der Waals surface area contributed by atoms with Gasteiger partial charge in [0.1, 0.15) is 4.60 Å². The van der Waals surface area contributed by atoms with Gasteiger partial charge in [0, 0.05) is 5.69 Å². The summed E-state index contributed by atoms with van der Waals surface area (Å²) in [6.45, 7) is 0.587. The summed E-state index contributed by atoms with van der Waals surface area (Å²) in [7, 11) is 1.37. The number of nitrogens with one attached hydrogen (secondary N) is 1. The van der Waals surface area contributed by atoms with Crippen molar-refractivity contribution in [2.24, 2.45) is 0 Å². The lowest BCUT2D eigenvalue weighted by Crippen LogP contribution is -2.04. The quantitative estimate of drug-likeness (QED) is 0.694. The molecule has 2 aromatic rings. The van der Waals surface area contributed by atoms with Gasteiger partial charge in [-0.3, -0.25) is 0 Å². The molecule has 5 heteroatoms. The smallest absolute Gasteiger partial charge is 0.337 e. The maximum atomic E-state index is 11.4. The van der Waals surface area contributed by atoms with E-state index in [0.29, 0.717) is 12.1 Å². The number of rotatable bonds is 4. The first-order chi connectivity index (χ1) is 9.19. The Hall–Kier alpha value is -1.88. The van der Waals surface area contributed by atoms with Gasteiger partial charge in [0.05, 0.1) is 24.9 Å². The topological polar surface area (TPSA) is 51.2 Å². The normalized spacial score (nSPS) is 10.0. The number of ether oxygens (including phenoxy) is 1. The highest BCUT2D eigenvalue weighted by atomic mass is 79.9. The van der Waals surface area contributed by atoms with Gasteiger partial charge in [-0.2, -0.15) is 0 Å². The van der Waals surface area contributed by atoms with Crippen LogP contribution >= 0.6 is 15.9 Å². The van der Waals surface area contributed by atoms with Gasteiger partial charge in [0.2, 0.25) is 0 Å². The molecule has 2 rings (SSSR count). The highest BCUT2D eigenvalue weighted by Crippen LogP contribution is 2.13. The lowest BCUT2D eigenvalue weighted by atomic mass is 10.2. The molecule has 19 heavy (non-hydrogen) atoms. The number of nitrogens with zero attached hydrogens (tertiary/aromatic N) is 1. The predicted molar refractivity (Wildman–Crippen MR) is 77.0 cm³/mol. The fourth-order valence-electron chi connectivity index (χ4n) is 1.62. The van der Waals surface area contributed by atoms with Gasteiger partial charge in [-0.05, 0) is 46.3 Å². The number of carbonyl (C=O) groups is 1. The number of hydrogen-bond donors (Lipinski definition) is 1. The number of anilines is 1. The average Bonchev–Trinajstić information content (AvgIpc) is 2.45. The van der Waals surface area contributed by atoms with E-state index in [1.165, 1.54) is 7.11 Å². The van der Waals surface area contributed by atoms with Gasteiger partial charge < -0.3 is 10.1 Å². The number of benzene rings is 1. The zero-order valence-corrected chi connectivity index (χ0v) is 12.0. The van der Waals surface area contributed by atoms with Crippen molar-refractivity contribution in [1.82, 2.24) is 4.98 Å². The van der Waals surface area contributed by atoms with Crippen LogP contribution in [0.2, 0.25) is 0 Å². The molecule has 1 aromatic carbocycles. The van der Waals surface area contributed by atoms with Gasteiger partial charge in [0.25, 0.3) is 0 Å². The molecule has 0 aliphatic rings. The van der Waals surface area contributed by atoms with Crippen LogP contribution in [0.5, 0.6) is 0 Å². The molecule has 0 saturated heterocycles. The third kappa shape index (κ3) is 3.79. The van der Waals surface area contributed by atoms with Gasteiger partial charge in [0.15, 0.2) is 0 Å². The van der Waals surface area contributed by atoms with Crippen molar-refractivity contribution in [3.8, 4) is 0 Å². The molecule has 0 saturated carbocycles. The highest BCUT2D eigenvalue weighted by Gasteiger charge is 2.05. The minimum Gasteiger partial charge on any atom is -0.465 e. The Morgan fingerprint density at radius 2 is 2.11 bits per heavy atom. The molecular formula is C14H13BrN2O2. The molecule has 0 radical (unpaired) electrons. The van der Waals surface area contributed by atoms with Crippen molar-refractivity contribution in [2.75, 3.05) is 12.4 Å². The summed E-state index contributed by atoms with van der Waals surface area (Å²) in [4.78, 5) is 15.7. The van der Waals surface area contributed by atoms with Crippen LogP contribution in [0.4, 0.5) is 5.69 Å². The highest BCUT2D eigenvalue weighted by molar-refractivity contribution is 9.10. The van der Waals surface area contributed by atoms with Crippen molar-refractivity contribution < 1.29 is 9.53 Å². The van der Waals surface area contributed by atoms with Crippen LogP contribution in [-0.2, 0) is 11.3 Å². The molecule has 0 bridgehead atoms. The van der Waals surface area contributed by atoms with E-state index in [1.807, 2.05) is 30.3 Å². The van der Waals surface area contributed by atoms with E-state index in [-0.39, 0.29) is 5.97 Å². The summed E-state index contributed by atoms with van der Waals surface area (Å²) in [5.74, 6) is -0.343. The van der Waals surface area contributed by atoms with Crippen LogP contribution in [-0.4, -0.2) is 18.1 Å². The Balaban J connectivity index is 2.05. The van der Waals surface area contributed by atoms with E-state index in [0.717, 1.165) is 16.0 Å². The number of pyridine rings is 1. The average molecular weight is 321 g/mol. The monoisotopic (exact) mass is 320 g/mol. The third-order valence-electron chi connectivity index (χ3n) is 2.53. The minimum atomic E-state index is -0.343. The second-order valence-electron chi connectivity index (χ2n) is 3.88. The lowest BCUT2D eigenvalue weighted by molar-refractivity contribution is 0.0601. The predicted octanol–water partition coefficient (Wildman–Crippen LogP) is 3.24. The Morgan fingerprint density at radius 3 is 2.84 bits per heavy atom. The second kappa shape index (κ2) is 6.33. The van der Waals surface area contributed by atoms with Crippen LogP contribution in [0.3, 0.4) is 0 Å². The summed E-state index contributed by atoms with van der Waals surface area (Å²) in [6, 6.07) is 12.9. The van der Waals surface area contributed by atoms with Crippen molar-refractivity contribution in [1.29, 1.82) is 0 Å². The Labute approximate surface area is 119 Å². The van der Waals surface area contributed by atoms with E-state index < -0.39 is 0 Å².